The topological polar surface area (TPSA) is 42.0 Å². The molecule has 0 aliphatic rings. The summed E-state index contributed by atoms with van der Waals surface area (Å²) in [6.07, 6.45) is 2.23. The molecule has 0 unspecified atom stereocenters. The zero-order chi connectivity index (χ0) is 12.0. The molecule has 3 nitrogen and oxygen atoms in total. The Morgan fingerprint density at radius 3 is 2.81 bits per heavy atom. The van der Waals surface area contributed by atoms with Crippen LogP contribution in [0.5, 0.6) is 0 Å². The monoisotopic (exact) mass is 238 g/mol. The zero-order valence-electron chi connectivity index (χ0n) is 9.73. The fourth-order valence-corrected chi connectivity index (χ4v) is 1.57. The molecule has 0 fully saturated rings. The van der Waals surface area contributed by atoms with Crippen LogP contribution in [-0.4, -0.2) is 23.2 Å². The highest BCUT2D eigenvalue weighted by Gasteiger charge is 2.22. The van der Waals surface area contributed by atoms with Crippen LogP contribution in [0.15, 0.2) is 24.4 Å². The Hall–Kier alpha value is -1.03. The van der Waals surface area contributed by atoms with E-state index in [1.807, 2.05) is 18.2 Å². The van der Waals surface area contributed by atoms with E-state index in [2.05, 4.69) is 36.8 Å². The predicted molar refractivity (Wildman–Crippen MR) is 68.7 cm³/mol. The number of nitrogens with one attached hydrogen (secondary N) is 1. The molecule has 1 aromatic heterocycles. The largest absolute Gasteiger partial charge is 0.355 e. The lowest BCUT2D eigenvalue weighted by molar-refractivity contribution is -0.120. The van der Waals surface area contributed by atoms with Gasteiger partial charge in [0.15, 0.2) is 0 Å². The fourth-order valence-electron chi connectivity index (χ4n) is 1.36. The van der Waals surface area contributed by atoms with Gasteiger partial charge in [-0.3, -0.25) is 9.78 Å². The van der Waals surface area contributed by atoms with Gasteiger partial charge in [0.1, 0.15) is 0 Å². The number of thiol groups is 1. The molecular weight excluding hydrogens is 220 g/mol. The molecular formula is C12H18N2OS. The number of amides is 1. The molecule has 88 valence electrons. The van der Waals surface area contributed by atoms with Crippen molar-refractivity contribution in [2.24, 2.45) is 0 Å². The molecule has 1 heterocycles. The highest BCUT2D eigenvalue weighted by atomic mass is 32.1. The molecule has 0 aromatic carbocycles. The average molecular weight is 238 g/mol. The van der Waals surface area contributed by atoms with Crippen molar-refractivity contribution in [1.82, 2.24) is 10.3 Å². The minimum atomic E-state index is -0.145. The van der Waals surface area contributed by atoms with Gasteiger partial charge in [-0.25, -0.2) is 0 Å². The highest BCUT2D eigenvalue weighted by molar-refractivity contribution is 7.80. The molecule has 1 amide bonds. The summed E-state index contributed by atoms with van der Waals surface area (Å²) in [5.74, 6) is 0.620. The summed E-state index contributed by atoms with van der Waals surface area (Å²) in [7, 11) is 0. The second-order valence-electron chi connectivity index (χ2n) is 4.35. The van der Waals surface area contributed by atoms with Crippen LogP contribution in [0, 0.1) is 0 Å². The van der Waals surface area contributed by atoms with Crippen molar-refractivity contribution in [1.29, 1.82) is 0 Å². The lowest BCUT2D eigenvalue weighted by Crippen LogP contribution is -2.37. The first-order valence-electron chi connectivity index (χ1n) is 5.35. The van der Waals surface area contributed by atoms with Crippen LogP contribution in [-0.2, 0) is 10.2 Å². The number of carbonyl (C=O) groups is 1. The lowest BCUT2D eigenvalue weighted by atomic mass is 9.88. The molecule has 0 saturated carbocycles. The van der Waals surface area contributed by atoms with Gasteiger partial charge in [0.2, 0.25) is 5.91 Å². The maximum Gasteiger partial charge on any atom is 0.220 e. The minimum absolute atomic E-state index is 0.0407. The molecule has 1 rings (SSSR count). The van der Waals surface area contributed by atoms with E-state index >= 15 is 0 Å². The number of hydrogen-bond donors (Lipinski definition) is 2. The van der Waals surface area contributed by atoms with E-state index < -0.39 is 0 Å². The van der Waals surface area contributed by atoms with E-state index in [0.29, 0.717) is 18.7 Å². The van der Waals surface area contributed by atoms with Crippen molar-refractivity contribution >= 4 is 18.5 Å². The Labute approximate surface area is 102 Å². The first-order valence-corrected chi connectivity index (χ1v) is 5.98. The second kappa shape index (κ2) is 5.89. The van der Waals surface area contributed by atoms with Gasteiger partial charge in [-0.1, -0.05) is 19.9 Å². The van der Waals surface area contributed by atoms with Gasteiger partial charge in [0.25, 0.3) is 0 Å². The summed E-state index contributed by atoms with van der Waals surface area (Å²) >= 11 is 4.02. The van der Waals surface area contributed by atoms with Crippen LogP contribution >= 0.6 is 12.6 Å². The van der Waals surface area contributed by atoms with Crippen LogP contribution in [0.25, 0.3) is 0 Å². The third-order valence-electron chi connectivity index (χ3n) is 2.42. The SMILES string of the molecule is CC(C)(CNC(=O)CCS)c1ccccn1. The maximum atomic E-state index is 11.3. The summed E-state index contributed by atoms with van der Waals surface area (Å²) in [5.41, 5.74) is 0.842. The van der Waals surface area contributed by atoms with Crippen molar-refractivity contribution in [3.63, 3.8) is 0 Å². The van der Waals surface area contributed by atoms with Gasteiger partial charge >= 0.3 is 0 Å². The molecule has 1 N–H and O–H groups in total. The van der Waals surface area contributed by atoms with Gasteiger partial charge in [0.05, 0.1) is 0 Å². The van der Waals surface area contributed by atoms with Crippen molar-refractivity contribution in [3.8, 4) is 0 Å². The molecule has 0 radical (unpaired) electrons. The number of carbonyl (C=O) groups excluding carboxylic acids is 1. The average Bonchev–Trinajstić information content (AvgIpc) is 2.28. The highest BCUT2D eigenvalue weighted by Crippen LogP contribution is 2.19. The molecule has 16 heavy (non-hydrogen) atoms. The van der Waals surface area contributed by atoms with Crippen molar-refractivity contribution in [2.75, 3.05) is 12.3 Å². The molecule has 0 saturated heterocycles. The second-order valence-corrected chi connectivity index (χ2v) is 4.80. The third-order valence-corrected chi connectivity index (χ3v) is 2.65. The zero-order valence-corrected chi connectivity index (χ0v) is 10.6. The number of rotatable bonds is 5. The van der Waals surface area contributed by atoms with Crippen LogP contribution in [0.4, 0.5) is 0 Å². The number of hydrogen-bond acceptors (Lipinski definition) is 3. The van der Waals surface area contributed by atoms with Gasteiger partial charge in [-0.15, -0.1) is 0 Å². The van der Waals surface area contributed by atoms with Crippen molar-refractivity contribution in [2.45, 2.75) is 25.7 Å². The van der Waals surface area contributed by atoms with E-state index in [0.717, 1.165) is 5.69 Å². The number of aromatic nitrogens is 1. The quantitative estimate of drug-likeness (QED) is 0.768. The lowest BCUT2D eigenvalue weighted by Gasteiger charge is -2.24. The standard InChI is InChI=1S/C12H18N2OS/c1-12(2,9-14-11(15)6-8-16)10-5-3-4-7-13-10/h3-5,7,16H,6,8-9H2,1-2H3,(H,14,15). The molecule has 0 spiro atoms. The Morgan fingerprint density at radius 2 is 2.25 bits per heavy atom. The van der Waals surface area contributed by atoms with Gasteiger partial charge in [-0.05, 0) is 17.9 Å². The van der Waals surface area contributed by atoms with Crippen molar-refractivity contribution < 1.29 is 4.79 Å². The minimum Gasteiger partial charge on any atom is -0.355 e. The smallest absolute Gasteiger partial charge is 0.220 e. The third kappa shape index (κ3) is 3.85. The summed E-state index contributed by atoms with van der Waals surface area (Å²) in [6, 6.07) is 5.82. The molecule has 1 aromatic rings. The van der Waals surface area contributed by atoms with E-state index in [-0.39, 0.29) is 11.3 Å². The molecule has 4 heteroatoms. The molecule has 0 aliphatic carbocycles. The summed E-state index contributed by atoms with van der Waals surface area (Å²) in [4.78, 5) is 15.6. The fraction of sp³-hybridized carbons (Fsp3) is 0.500. The molecule has 0 atom stereocenters. The summed E-state index contributed by atoms with van der Waals surface area (Å²) < 4.78 is 0. The first kappa shape index (κ1) is 13.0. The van der Waals surface area contributed by atoms with Gasteiger partial charge in [0, 0.05) is 30.3 Å². The molecule has 0 aliphatic heterocycles. The number of nitrogens with zero attached hydrogens (tertiary/aromatic N) is 1. The summed E-state index contributed by atoms with van der Waals surface area (Å²) in [6.45, 7) is 4.73. The van der Waals surface area contributed by atoms with E-state index in [1.165, 1.54) is 0 Å². The van der Waals surface area contributed by atoms with Crippen LogP contribution < -0.4 is 5.32 Å². The normalized spacial score (nSPS) is 11.2. The first-order chi connectivity index (χ1) is 7.56. The Morgan fingerprint density at radius 1 is 1.50 bits per heavy atom. The van der Waals surface area contributed by atoms with Crippen molar-refractivity contribution in [3.05, 3.63) is 30.1 Å². The molecule has 0 bridgehead atoms. The predicted octanol–water partition coefficient (Wildman–Crippen LogP) is 1.80. The summed E-state index contributed by atoms with van der Waals surface area (Å²) in [5, 5.41) is 2.89. The Bertz CT molecular complexity index is 338. The Balaban J connectivity index is 2.55. The maximum absolute atomic E-state index is 11.3. The van der Waals surface area contributed by atoms with Gasteiger partial charge in [-0.2, -0.15) is 12.6 Å². The van der Waals surface area contributed by atoms with Crippen LogP contribution in [0.3, 0.4) is 0 Å². The van der Waals surface area contributed by atoms with E-state index in [1.54, 1.807) is 6.20 Å². The number of pyridine rings is 1. The van der Waals surface area contributed by atoms with Crippen LogP contribution in [0.2, 0.25) is 0 Å². The van der Waals surface area contributed by atoms with Crippen LogP contribution in [0.1, 0.15) is 26.0 Å². The Kier molecular flexibility index (Phi) is 4.80. The van der Waals surface area contributed by atoms with E-state index in [9.17, 15) is 4.79 Å². The van der Waals surface area contributed by atoms with Gasteiger partial charge < -0.3 is 5.32 Å². The van der Waals surface area contributed by atoms with E-state index in [4.69, 9.17) is 0 Å².